The number of aromatic nitrogens is 2. The Hall–Kier alpha value is -3.08. The van der Waals surface area contributed by atoms with Crippen molar-refractivity contribution in [3.8, 4) is 28.5 Å². The molecule has 3 aromatic rings. The fraction of sp³-hybridized carbons (Fsp3) is 0.0588. The molecule has 0 atom stereocenters. The van der Waals surface area contributed by atoms with Gasteiger partial charge in [0.2, 0.25) is 11.4 Å². The third-order valence-corrected chi connectivity index (χ3v) is 3.14. The van der Waals surface area contributed by atoms with Crippen molar-refractivity contribution in [2.75, 3.05) is 7.11 Å². The summed E-state index contributed by atoms with van der Waals surface area (Å²) in [6, 6.07) is 14.4. The molecule has 0 unspecified atom stereocenters. The molecule has 22 heavy (non-hydrogen) atoms. The van der Waals surface area contributed by atoms with Gasteiger partial charge in [-0.2, -0.15) is 0 Å². The largest absolute Gasteiger partial charge is 0.496 e. The van der Waals surface area contributed by atoms with Crippen molar-refractivity contribution in [3.63, 3.8) is 0 Å². The number of hydrogen-bond donors (Lipinski definition) is 1. The van der Waals surface area contributed by atoms with E-state index in [-0.39, 0.29) is 5.56 Å². The second kappa shape index (κ2) is 6.13. The highest BCUT2D eigenvalue weighted by Gasteiger charge is 2.12. The molecule has 5 heteroatoms. The molecule has 0 bridgehead atoms. The van der Waals surface area contributed by atoms with Gasteiger partial charge in [0.05, 0.1) is 7.11 Å². The minimum Gasteiger partial charge on any atom is -0.496 e. The first-order valence-electron chi connectivity index (χ1n) is 6.73. The number of rotatable bonds is 4. The first-order valence-corrected chi connectivity index (χ1v) is 6.73. The summed E-state index contributed by atoms with van der Waals surface area (Å²) in [5.41, 5.74) is 1.52. The molecule has 2 heterocycles. The van der Waals surface area contributed by atoms with Crippen LogP contribution in [0.1, 0.15) is 0 Å². The van der Waals surface area contributed by atoms with E-state index < -0.39 is 0 Å². The van der Waals surface area contributed by atoms with Crippen LogP contribution in [0.4, 0.5) is 0 Å². The van der Waals surface area contributed by atoms with Gasteiger partial charge in [-0.05, 0) is 24.3 Å². The zero-order chi connectivity index (χ0) is 15.4. The Kier molecular flexibility index (Phi) is 3.87. The summed E-state index contributed by atoms with van der Waals surface area (Å²) in [4.78, 5) is 18.0. The van der Waals surface area contributed by atoms with Crippen molar-refractivity contribution in [2.24, 2.45) is 0 Å². The molecule has 0 aliphatic rings. The maximum absolute atomic E-state index is 11.1. The number of para-hydroxylation sites is 1. The molecule has 0 fully saturated rings. The van der Waals surface area contributed by atoms with Crippen molar-refractivity contribution in [1.82, 2.24) is 9.97 Å². The van der Waals surface area contributed by atoms with Crippen molar-refractivity contribution >= 4 is 0 Å². The van der Waals surface area contributed by atoms with Crippen molar-refractivity contribution in [1.29, 1.82) is 0 Å². The molecule has 0 saturated heterocycles. The van der Waals surface area contributed by atoms with Crippen molar-refractivity contribution in [2.45, 2.75) is 0 Å². The Morgan fingerprint density at radius 1 is 1.00 bits per heavy atom. The molecule has 3 rings (SSSR count). The molecule has 0 radical (unpaired) electrons. The maximum atomic E-state index is 11.1. The number of ether oxygens (including phenoxy) is 2. The lowest BCUT2D eigenvalue weighted by atomic mass is 10.1. The van der Waals surface area contributed by atoms with E-state index in [1.165, 1.54) is 12.3 Å². The van der Waals surface area contributed by atoms with Gasteiger partial charge >= 0.3 is 0 Å². The predicted octanol–water partition coefficient (Wildman–Crippen LogP) is 3.24. The van der Waals surface area contributed by atoms with E-state index in [0.717, 1.165) is 16.9 Å². The molecule has 1 N–H and O–H groups in total. The summed E-state index contributed by atoms with van der Waals surface area (Å²) in [7, 11) is 1.62. The van der Waals surface area contributed by atoms with Crippen molar-refractivity contribution < 1.29 is 9.47 Å². The molecule has 110 valence electrons. The molecule has 0 aliphatic carbocycles. The van der Waals surface area contributed by atoms with Gasteiger partial charge in [-0.3, -0.25) is 4.79 Å². The second-order valence-corrected chi connectivity index (χ2v) is 4.55. The summed E-state index contributed by atoms with van der Waals surface area (Å²) in [5.74, 6) is 1.69. The topological polar surface area (TPSA) is 64.2 Å². The maximum Gasteiger partial charge on any atom is 0.248 e. The fourth-order valence-corrected chi connectivity index (χ4v) is 2.12. The van der Waals surface area contributed by atoms with Crippen LogP contribution in [0.15, 0.2) is 65.7 Å². The number of nitrogens with zero attached hydrogens (tertiary/aromatic N) is 1. The molecular formula is C17H14N2O3. The zero-order valence-corrected chi connectivity index (χ0v) is 11.9. The number of hydrogen-bond acceptors (Lipinski definition) is 4. The minimum atomic E-state index is -0.182. The average molecular weight is 294 g/mol. The molecule has 0 amide bonds. The molecule has 0 spiro atoms. The fourth-order valence-electron chi connectivity index (χ4n) is 2.12. The summed E-state index contributed by atoms with van der Waals surface area (Å²) >= 11 is 0. The Balaban J connectivity index is 2.03. The highest BCUT2D eigenvalue weighted by molar-refractivity contribution is 5.74. The molecule has 0 aliphatic heterocycles. The van der Waals surface area contributed by atoms with Crippen molar-refractivity contribution in [3.05, 3.63) is 71.3 Å². The smallest absolute Gasteiger partial charge is 0.248 e. The van der Waals surface area contributed by atoms with Gasteiger partial charge in [0.25, 0.3) is 0 Å². The van der Waals surface area contributed by atoms with Crippen LogP contribution in [0.5, 0.6) is 17.4 Å². The Bertz CT molecular complexity index is 823. The van der Waals surface area contributed by atoms with Crippen LogP contribution < -0.4 is 15.0 Å². The third-order valence-electron chi connectivity index (χ3n) is 3.14. The first-order chi connectivity index (χ1) is 10.8. The number of nitrogens with one attached hydrogen (secondary N) is 1. The van der Waals surface area contributed by atoms with Gasteiger partial charge in [0, 0.05) is 29.6 Å². The molecular weight excluding hydrogens is 280 g/mol. The number of aromatic amines is 1. The number of methoxy groups -OCH3 is 1. The van der Waals surface area contributed by atoms with Gasteiger partial charge in [0.1, 0.15) is 11.5 Å². The molecule has 1 aromatic carbocycles. The van der Waals surface area contributed by atoms with Gasteiger partial charge in [-0.1, -0.05) is 18.2 Å². The van der Waals surface area contributed by atoms with Crippen LogP contribution in [-0.4, -0.2) is 17.1 Å². The van der Waals surface area contributed by atoms with E-state index in [1.54, 1.807) is 19.4 Å². The quantitative estimate of drug-likeness (QED) is 0.802. The van der Waals surface area contributed by atoms with E-state index in [0.29, 0.717) is 11.6 Å². The monoisotopic (exact) mass is 294 g/mol. The first kappa shape index (κ1) is 13.9. The molecule has 2 aromatic heterocycles. The summed E-state index contributed by atoms with van der Waals surface area (Å²) in [6.45, 7) is 0. The van der Waals surface area contributed by atoms with E-state index in [2.05, 4.69) is 9.97 Å². The van der Waals surface area contributed by atoms with Crippen LogP contribution in [0.3, 0.4) is 0 Å². The normalized spacial score (nSPS) is 10.2. The van der Waals surface area contributed by atoms with Gasteiger partial charge in [0.15, 0.2) is 0 Å². The minimum absolute atomic E-state index is 0.182. The average Bonchev–Trinajstić information content (AvgIpc) is 2.57. The lowest BCUT2D eigenvalue weighted by molar-refractivity contribution is 0.415. The summed E-state index contributed by atoms with van der Waals surface area (Å²) < 4.78 is 11.2. The summed E-state index contributed by atoms with van der Waals surface area (Å²) in [6.07, 6.45) is 3.16. The SMILES string of the molecule is COc1ccccc1-c1cccnc1Oc1ccc(=O)[nH]c1. The highest BCUT2D eigenvalue weighted by atomic mass is 16.5. The van der Waals surface area contributed by atoms with Crippen LogP contribution in [0.2, 0.25) is 0 Å². The highest BCUT2D eigenvalue weighted by Crippen LogP contribution is 2.36. The van der Waals surface area contributed by atoms with Crippen LogP contribution in [0.25, 0.3) is 11.1 Å². The number of pyridine rings is 2. The van der Waals surface area contributed by atoms with E-state index in [9.17, 15) is 4.79 Å². The standard InChI is InChI=1S/C17H14N2O3/c1-21-15-7-3-2-5-13(15)14-6-4-10-18-17(14)22-12-8-9-16(20)19-11-12/h2-11H,1H3,(H,19,20). The zero-order valence-electron chi connectivity index (χ0n) is 11.9. The van der Waals surface area contributed by atoms with Crippen LogP contribution in [0, 0.1) is 0 Å². The third kappa shape index (κ3) is 2.83. The molecule has 0 saturated carbocycles. The lowest BCUT2D eigenvalue weighted by Crippen LogP contribution is -2.02. The van der Waals surface area contributed by atoms with Gasteiger partial charge < -0.3 is 14.5 Å². The second-order valence-electron chi connectivity index (χ2n) is 4.55. The van der Waals surface area contributed by atoms with E-state index >= 15 is 0 Å². The Labute approximate surface area is 127 Å². The summed E-state index contributed by atoms with van der Waals surface area (Å²) in [5, 5.41) is 0. The Morgan fingerprint density at radius 3 is 2.59 bits per heavy atom. The van der Waals surface area contributed by atoms with Crippen LogP contribution >= 0.6 is 0 Å². The number of H-pyrrole nitrogens is 1. The Morgan fingerprint density at radius 2 is 1.82 bits per heavy atom. The van der Waals surface area contributed by atoms with E-state index in [4.69, 9.17) is 9.47 Å². The lowest BCUT2D eigenvalue weighted by Gasteiger charge is -2.12. The van der Waals surface area contributed by atoms with Gasteiger partial charge in [-0.15, -0.1) is 0 Å². The van der Waals surface area contributed by atoms with E-state index in [1.807, 2.05) is 36.4 Å². The number of benzene rings is 1. The molecule has 5 nitrogen and oxygen atoms in total. The van der Waals surface area contributed by atoms with Gasteiger partial charge in [-0.25, -0.2) is 4.98 Å². The van der Waals surface area contributed by atoms with Crippen LogP contribution in [-0.2, 0) is 0 Å². The predicted molar refractivity (Wildman–Crippen MR) is 83.4 cm³/mol.